The number of Topliss-reactive ketones (excluding diaryl/α,β-unsaturated/α-hetero) is 3. The van der Waals surface area contributed by atoms with E-state index in [1.54, 1.807) is 18.2 Å². The molecule has 0 saturated heterocycles. The first kappa shape index (κ1) is 38.6. The maximum atomic E-state index is 11.6. The van der Waals surface area contributed by atoms with Crippen molar-refractivity contribution in [1.82, 2.24) is 0 Å². The summed E-state index contributed by atoms with van der Waals surface area (Å²) in [5.41, 5.74) is 0.179. The van der Waals surface area contributed by atoms with Crippen LogP contribution in [0.5, 0.6) is 0 Å². The van der Waals surface area contributed by atoms with E-state index in [-0.39, 0.29) is 50.4 Å². The fraction of sp³-hybridized carbons (Fsp3) is 0. The molecular weight excluding hydrogens is 752 g/mol. The quantitative estimate of drug-likeness (QED) is 0.270. The molecule has 0 N–H and O–H groups in total. The average Bonchev–Trinajstić information content (AvgIpc) is 3.01. The van der Waals surface area contributed by atoms with E-state index >= 15 is 0 Å². The van der Waals surface area contributed by atoms with Gasteiger partial charge in [0.15, 0.2) is 17.3 Å². The van der Waals surface area contributed by atoms with Crippen molar-refractivity contribution in [2.45, 2.75) is 0 Å². The summed E-state index contributed by atoms with van der Waals surface area (Å²) in [6, 6.07) is 17.3. The van der Waals surface area contributed by atoms with E-state index < -0.39 is 79.8 Å². The van der Waals surface area contributed by atoms with Crippen molar-refractivity contribution >= 4 is 65.1 Å². The van der Waals surface area contributed by atoms with Crippen LogP contribution in [-0.2, 0) is 47.4 Å². The fourth-order valence-corrected chi connectivity index (χ4v) is 6.20. The molecule has 0 fully saturated rings. The van der Waals surface area contributed by atoms with Crippen molar-refractivity contribution in [3.05, 3.63) is 139 Å². The van der Waals surface area contributed by atoms with E-state index in [2.05, 4.69) is 0 Å². The van der Waals surface area contributed by atoms with Gasteiger partial charge in [-0.1, -0.05) is 72.8 Å². The molecule has 3 aromatic carbocycles. The van der Waals surface area contributed by atoms with E-state index in [0.717, 1.165) is 0 Å². The summed E-state index contributed by atoms with van der Waals surface area (Å²) in [7, 11) is -14.7. The Morgan fingerprint density at radius 1 is 0.347 bits per heavy atom. The molecule has 0 saturated carbocycles. The Bertz CT molecular complexity index is 2150. The molecule has 6 rings (SSSR count). The number of benzene rings is 3. The van der Waals surface area contributed by atoms with Crippen LogP contribution in [0.4, 0.5) is 0 Å². The molecule has 0 aromatic heterocycles. The summed E-state index contributed by atoms with van der Waals surface area (Å²) < 4.78 is 96.8. The molecule has 3 aromatic rings. The predicted octanol–water partition coefficient (Wildman–Crippen LogP) is 1.48. The van der Waals surface area contributed by atoms with Crippen LogP contribution in [0.3, 0.4) is 0 Å². The molecule has 0 bridgehead atoms. The van der Waals surface area contributed by atoms with Crippen LogP contribution in [0.1, 0.15) is 62.1 Å². The molecule has 3 aliphatic rings. The van der Waals surface area contributed by atoms with Gasteiger partial charge in [-0.2, -0.15) is 0 Å². The van der Waals surface area contributed by atoms with E-state index in [9.17, 15) is 67.7 Å². The van der Waals surface area contributed by atoms with Crippen LogP contribution in [0.2, 0.25) is 0 Å². The molecule has 0 heterocycles. The van der Waals surface area contributed by atoms with Crippen LogP contribution < -0.4 is 0 Å². The molecule has 0 aliphatic heterocycles. The Morgan fingerprint density at radius 3 is 0.714 bits per heavy atom. The Labute approximate surface area is 287 Å². The number of carbonyl (C=O) groups excluding carboxylic acids is 6. The van der Waals surface area contributed by atoms with Crippen molar-refractivity contribution in [3.8, 4) is 0 Å². The summed E-state index contributed by atoms with van der Waals surface area (Å²) in [4.78, 5) is 66.2. The molecular formula is C30H15FeO15S3. The second-order valence-corrected chi connectivity index (χ2v) is 13.6. The summed E-state index contributed by atoms with van der Waals surface area (Å²) in [6.07, 6.45) is 1.73. The third-order valence-electron chi connectivity index (χ3n) is 6.58. The van der Waals surface area contributed by atoms with E-state index in [1.165, 1.54) is 54.6 Å². The van der Waals surface area contributed by atoms with Gasteiger partial charge in [-0.3, -0.25) is 28.8 Å². The van der Waals surface area contributed by atoms with Gasteiger partial charge in [0, 0.05) is 51.6 Å². The summed E-state index contributed by atoms with van der Waals surface area (Å²) >= 11 is 0. The number of allylic oxidation sites excluding steroid dienone is 6. The summed E-state index contributed by atoms with van der Waals surface area (Å²) in [5.74, 6) is -4.72. The van der Waals surface area contributed by atoms with Gasteiger partial charge in [0.25, 0.3) is 0 Å². The Kier molecular flexibility index (Phi) is 11.3. The smallest absolute Gasteiger partial charge is 0.744 e. The number of fused-ring (bicyclic) bond motifs is 3. The predicted molar refractivity (Wildman–Crippen MR) is 159 cm³/mol. The van der Waals surface area contributed by atoms with Crippen molar-refractivity contribution in [2.24, 2.45) is 0 Å². The maximum absolute atomic E-state index is 11.6. The molecule has 251 valence electrons. The van der Waals surface area contributed by atoms with Crippen molar-refractivity contribution in [2.75, 3.05) is 0 Å². The van der Waals surface area contributed by atoms with Crippen molar-refractivity contribution < 1.29 is 84.7 Å². The minimum absolute atomic E-state index is 0. The molecule has 0 amide bonds. The van der Waals surface area contributed by atoms with E-state index in [0.29, 0.717) is 18.2 Å². The van der Waals surface area contributed by atoms with Gasteiger partial charge >= 0.3 is 17.1 Å². The van der Waals surface area contributed by atoms with Gasteiger partial charge in [0.2, 0.25) is 17.3 Å². The first-order valence-corrected chi connectivity index (χ1v) is 17.0. The van der Waals surface area contributed by atoms with Crippen LogP contribution in [0, 0.1) is 0 Å². The number of ketones is 6. The van der Waals surface area contributed by atoms with Gasteiger partial charge < -0.3 is 13.7 Å². The Hall–Kier alpha value is -4.85. The summed E-state index contributed by atoms with van der Waals surface area (Å²) in [6.45, 7) is 0. The minimum atomic E-state index is -4.91. The fourth-order valence-electron chi connectivity index (χ4n) is 4.43. The van der Waals surface area contributed by atoms with Crippen LogP contribution >= 0.6 is 0 Å². The van der Waals surface area contributed by atoms with Gasteiger partial charge in [-0.25, -0.2) is 25.3 Å². The molecule has 15 nitrogen and oxygen atoms in total. The van der Waals surface area contributed by atoms with Gasteiger partial charge in [-0.05, 0) is 0 Å². The SMILES string of the molecule is O=C1C=C(S(=O)(=O)[O-])C(=O)c2ccccc21.O=C1C=C(S(=O)(=O)[O-])C(=O)c2ccccc21.O=C1C=C(S(=O)(=O)[O-])C(=O)c2ccccc21.[Fe+3]. The zero-order valence-corrected chi connectivity index (χ0v) is 27.4. The molecule has 49 heavy (non-hydrogen) atoms. The average molecular weight is 767 g/mol. The largest absolute Gasteiger partial charge is 3.00 e. The van der Waals surface area contributed by atoms with E-state index in [4.69, 9.17) is 0 Å². The topological polar surface area (TPSA) is 274 Å². The van der Waals surface area contributed by atoms with Crippen LogP contribution in [0.25, 0.3) is 0 Å². The first-order chi connectivity index (χ1) is 22.2. The standard InChI is InChI=1S/3C10H6O5S.Fe/c3*11-8-5-9(16(13,14)15)10(12)7-4-2-1-3-6(7)8;/h3*1-5H,(H,13,14,15);/q;;;+3/p-3. The Morgan fingerprint density at radius 2 is 0.531 bits per heavy atom. The zero-order chi connectivity index (χ0) is 35.8. The van der Waals surface area contributed by atoms with Gasteiger partial charge in [0.05, 0.1) is 0 Å². The van der Waals surface area contributed by atoms with Gasteiger partial charge in [0.1, 0.15) is 45.1 Å². The second-order valence-electron chi connectivity index (χ2n) is 9.61. The zero-order valence-electron chi connectivity index (χ0n) is 23.9. The number of hydrogen-bond donors (Lipinski definition) is 0. The monoisotopic (exact) mass is 767 g/mol. The minimum Gasteiger partial charge on any atom is -0.744 e. The Balaban J connectivity index is 0.000000197. The van der Waals surface area contributed by atoms with Crippen molar-refractivity contribution in [3.63, 3.8) is 0 Å². The molecule has 3 aliphatic carbocycles. The van der Waals surface area contributed by atoms with Crippen LogP contribution in [-0.4, -0.2) is 73.6 Å². The van der Waals surface area contributed by atoms with Crippen LogP contribution in [0.15, 0.2) is 106 Å². The molecule has 0 spiro atoms. The number of hydrogen-bond acceptors (Lipinski definition) is 15. The first-order valence-electron chi connectivity index (χ1n) is 12.8. The molecule has 1 radical (unpaired) electrons. The maximum Gasteiger partial charge on any atom is 3.00 e. The molecule has 0 atom stereocenters. The van der Waals surface area contributed by atoms with Gasteiger partial charge in [-0.15, -0.1) is 0 Å². The normalized spacial score (nSPS) is 15.4. The third kappa shape index (κ3) is 8.24. The summed E-state index contributed by atoms with van der Waals surface area (Å²) in [5, 5.41) is 0. The van der Waals surface area contributed by atoms with E-state index in [1.807, 2.05) is 0 Å². The number of carbonyl (C=O) groups is 6. The molecule has 19 heteroatoms. The second kappa shape index (κ2) is 14.3. The third-order valence-corrected chi connectivity index (χ3v) is 9.10. The molecule has 0 unspecified atom stereocenters. The number of rotatable bonds is 3. The van der Waals surface area contributed by atoms with Crippen molar-refractivity contribution in [1.29, 1.82) is 0 Å².